The summed E-state index contributed by atoms with van der Waals surface area (Å²) in [6, 6.07) is 8.25. The van der Waals surface area contributed by atoms with Crippen molar-refractivity contribution in [1.29, 1.82) is 0 Å². The molecular formula is C14H12Br2O2S. The maximum atomic E-state index is 5.63. The standard InChI is InChI=1S/C14H12Br2O2S/c1-8-6-10(15)14(19-8)13(16)9-2-3-11-12(7-9)18-5-4-17-11/h2-3,6-7,13H,4-5H2,1H3. The molecule has 3 rings (SSSR count). The molecule has 0 fully saturated rings. The Morgan fingerprint density at radius 1 is 1.16 bits per heavy atom. The van der Waals surface area contributed by atoms with Gasteiger partial charge in [0.25, 0.3) is 0 Å². The highest BCUT2D eigenvalue weighted by molar-refractivity contribution is 9.11. The van der Waals surface area contributed by atoms with Crippen LogP contribution in [0.1, 0.15) is 20.1 Å². The van der Waals surface area contributed by atoms with Crippen LogP contribution in [0.5, 0.6) is 11.5 Å². The third-order valence-electron chi connectivity index (χ3n) is 2.93. The van der Waals surface area contributed by atoms with Gasteiger partial charge in [-0.05, 0) is 46.6 Å². The summed E-state index contributed by atoms with van der Waals surface area (Å²) < 4.78 is 12.3. The molecule has 0 bridgehead atoms. The first-order chi connectivity index (χ1) is 9.15. The molecule has 2 heterocycles. The van der Waals surface area contributed by atoms with Crippen LogP contribution < -0.4 is 9.47 Å². The lowest BCUT2D eigenvalue weighted by atomic mass is 10.1. The summed E-state index contributed by atoms with van der Waals surface area (Å²) in [4.78, 5) is 2.73. The van der Waals surface area contributed by atoms with Crippen LogP contribution in [0, 0.1) is 6.92 Å². The van der Waals surface area contributed by atoms with Gasteiger partial charge in [-0.2, -0.15) is 0 Å². The first-order valence-electron chi connectivity index (χ1n) is 5.94. The molecule has 2 nitrogen and oxygen atoms in total. The van der Waals surface area contributed by atoms with Crippen molar-refractivity contribution in [3.63, 3.8) is 0 Å². The Bertz CT molecular complexity index is 609. The minimum atomic E-state index is 0.163. The van der Waals surface area contributed by atoms with Crippen molar-refractivity contribution in [1.82, 2.24) is 0 Å². The van der Waals surface area contributed by atoms with Gasteiger partial charge in [0.1, 0.15) is 13.2 Å². The van der Waals surface area contributed by atoms with Gasteiger partial charge in [-0.25, -0.2) is 0 Å². The Hall–Kier alpha value is -0.520. The van der Waals surface area contributed by atoms with E-state index in [1.165, 1.54) is 15.3 Å². The molecule has 0 spiro atoms. The van der Waals surface area contributed by atoms with Gasteiger partial charge in [0, 0.05) is 14.2 Å². The second-order valence-corrected chi connectivity index (χ2v) is 7.39. The number of aryl methyl sites for hydroxylation is 1. The van der Waals surface area contributed by atoms with E-state index in [1.54, 1.807) is 11.3 Å². The predicted octanol–water partition coefficient (Wildman–Crippen LogP) is 5.07. The number of benzene rings is 1. The van der Waals surface area contributed by atoms with Gasteiger partial charge in [-0.1, -0.05) is 22.0 Å². The van der Waals surface area contributed by atoms with E-state index in [2.05, 4.69) is 57.0 Å². The van der Waals surface area contributed by atoms with Gasteiger partial charge in [0.2, 0.25) is 0 Å². The van der Waals surface area contributed by atoms with Crippen LogP contribution in [0.2, 0.25) is 0 Å². The van der Waals surface area contributed by atoms with Crippen LogP contribution >= 0.6 is 43.2 Å². The molecule has 0 saturated heterocycles. The number of hydrogen-bond acceptors (Lipinski definition) is 3. The van der Waals surface area contributed by atoms with Gasteiger partial charge in [0.05, 0.1) is 4.83 Å². The number of hydrogen-bond donors (Lipinski definition) is 0. The average molecular weight is 404 g/mol. The van der Waals surface area contributed by atoms with Gasteiger partial charge in [-0.3, -0.25) is 0 Å². The van der Waals surface area contributed by atoms with Crippen LogP contribution in [0.3, 0.4) is 0 Å². The van der Waals surface area contributed by atoms with E-state index in [0.717, 1.165) is 16.0 Å². The van der Waals surface area contributed by atoms with Crippen LogP contribution in [-0.2, 0) is 0 Å². The fourth-order valence-corrected chi connectivity index (χ4v) is 5.05. The molecule has 100 valence electrons. The van der Waals surface area contributed by atoms with Crippen molar-refractivity contribution in [2.45, 2.75) is 11.8 Å². The van der Waals surface area contributed by atoms with E-state index in [0.29, 0.717) is 13.2 Å². The van der Waals surface area contributed by atoms with Crippen molar-refractivity contribution in [2.75, 3.05) is 13.2 Å². The summed E-state index contributed by atoms with van der Waals surface area (Å²) in [6.07, 6.45) is 0. The summed E-state index contributed by atoms with van der Waals surface area (Å²) in [5, 5.41) is 0. The predicted molar refractivity (Wildman–Crippen MR) is 85.0 cm³/mol. The van der Waals surface area contributed by atoms with Crippen molar-refractivity contribution in [3.05, 3.63) is 44.1 Å². The van der Waals surface area contributed by atoms with E-state index in [9.17, 15) is 0 Å². The van der Waals surface area contributed by atoms with Crippen LogP contribution in [0.4, 0.5) is 0 Å². The summed E-state index contributed by atoms with van der Waals surface area (Å²) in [5.74, 6) is 1.66. The Balaban J connectivity index is 1.95. The van der Waals surface area contributed by atoms with Gasteiger partial charge >= 0.3 is 0 Å². The first kappa shape index (κ1) is 13.5. The van der Waals surface area contributed by atoms with Crippen molar-refractivity contribution < 1.29 is 9.47 Å². The van der Waals surface area contributed by atoms with E-state index >= 15 is 0 Å². The second kappa shape index (κ2) is 5.46. The third-order valence-corrected chi connectivity index (χ3v) is 6.25. The minimum Gasteiger partial charge on any atom is -0.486 e. The van der Waals surface area contributed by atoms with Crippen molar-refractivity contribution in [3.8, 4) is 11.5 Å². The van der Waals surface area contributed by atoms with Gasteiger partial charge in [-0.15, -0.1) is 11.3 Å². The summed E-state index contributed by atoms with van der Waals surface area (Å²) in [7, 11) is 0. The molecule has 1 aliphatic rings. The molecule has 1 aromatic heterocycles. The smallest absolute Gasteiger partial charge is 0.161 e. The normalized spacial score (nSPS) is 15.3. The van der Waals surface area contributed by atoms with E-state index in [4.69, 9.17) is 9.47 Å². The molecule has 0 amide bonds. The molecule has 0 N–H and O–H groups in total. The zero-order chi connectivity index (χ0) is 13.4. The molecule has 1 atom stereocenters. The maximum absolute atomic E-state index is 5.63. The summed E-state index contributed by atoms with van der Waals surface area (Å²) in [5.41, 5.74) is 1.17. The zero-order valence-corrected chi connectivity index (χ0v) is 14.3. The van der Waals surface area contributed by atoms with Crippen molar-refractivity contribution >= 4 is 43.2 Å². The highest BCUT2D eigenvalue weighted by Gasteiger charge is 2.19. The number of ether oxygens (including phenoxy) is 2. The molecule has 0 saturated carbocycles. The van der Waals surface area contributed by atoms with Crippen LogP contribution in [0.25, 0.3) is 0 Å². The lowest BCUT2D eigenvalue weighted by molar-refractivity contribution is 0.171. The van der Waals surface area contributed by atoms with E-state index < -0.39 is 0 Å². The molecule has 1 aromatic carbocycles. The van der Waals surface area contributed by atoms with Gasteiger partial charge < -0.3 is 9.47 Å². The Morgan fingerprint density at radius 2 is 1.89 bits per heavy atom. The zero-order valence-electron chi connectivity index (χ0n) is 10.3. The molecule has 19 heavy (non-hydrogen) atoms. The number of halogens is 2. The first-order valence-corrected chi connectivity index (χ1v) is 8.47. The summed E-state index contributed by atoms with van der Waals surface area (Å²) in [6.45, 7) is 3.35. The van der Waals surface area contributed by atoms with Crippen LogP contribution in [-0.4, -0.2) is 13.2 Å². The number of alkyl halides is 1. The maximum Gasteiger partial charge on any atom is 0.161 e. The minimum absolute atomic E-state index is 0.163. The molecule has 0 aliphatic carbocycles. The Morgan fingerprint density at radius 3 is 2.58 bits per heavy atom. The number of thiophene rings is 1. The highest BCUT2D eigenvalue weighted by atomic mass is 79.9. The van der Waals surface area contributed by atoms with Crippen molar-refractivity contribution in [2.24, 2.45) is 0 Å². The topological polar surface area (TPSA) is 18.5 Å². The van der Waals surface area contributed by atoms with Gasteiger partial charge in [0.15, 0.2) is 11.5 Å². The average Bonchev–Trinajstić information content (AvgIpc) is 2.76. The molecule has 0 radical (unpaired) electrons. The molecule has 1 unspecified atom stereocenters. The fourth-order valence-electron chi connectivity index (χ4n) is 2.04. The highest BCUT2D eigenvalue weighted by Crippen LogP contribution is 2.43. The fraction of sp³-hybridized carbons (Fsp3) is 0.286. The third kappa shape index (κ3) is 2.69. The molecule has 2 aromatic rings. The monoisotopic (exact) mass is 402 g/mol. The second-order valence-electron chi connectivity index (χ2n) is 4.33. The summed E-state index contributed by atoms with van der Waals surface area (Å²) >= 11 is 9.17. The Kier molecular flexibility index (Phi) is 3.87. The number of fused-ring (bicyclic) bond motifs is 1. The number of rotatable bonds is 2. The Labute approximate surface area is 133 Å². The SMILES string of the molecule is Cc1cc(Br)c(C(Br)c2ccc3c(c2)OCCO3)s1. The molecular weight excluding hydrogens is 392 g/mol. The van der Waals surface area contributed by atoms with Crippen LogP contribution in [0.15, 0.2) is 28.7 Å². The lowest BCUT2D eigenvalue weighted by Crippen LogP contribution is -2.15. The van der Waals surface area contributed by atoms with E-state index in [1.807, 2.05) is 6.07 Å². The largest absolute Gasteiger partial charge is 0.486 e. The molecule has 5 heteroatoms. The van der Waals surface area contributed by atoms with E-state index in [-0.39, 0.29) is 4.83 Å². The lowest BCUT2D eigenvalue weighted by Gasteiger charge is -2.20. The quantitative estimate of drug-likeness (QED) is 0.651. The molecule has 1 aliphatic heterocycles.